The van der Waals surface area contributed by atoms with E-state index in [-0.39, 0.29) is 0 Å². The van der Waals surface area contributed by atoms with Gasteiger partial charge in [-0.3, -0.25) is 0 Å². The zero-order valence-electron chi connectivity index (χ0n) is 10.5. The van der Waals surface area contributed by atoms with Gasteiger partial charge in [0, 0.05) is 17.7 Å². The van der Waals surface area contributed by atoms with E-state index in [0.29, 0.717) is 0 Å². The normalized spacial score (nSPS) is 13.6. The highest BCUT2D eigenvalue weighted by Gasteiger charge is 2.16. The second-order valence-corrected chi connectivity index (χ2v) is 4.56. The molecule has 5 nitrogen and oxygen atoms in total. The van der Waals surface area contributed by atoms with Crippen LogP contribution in [0.5, 0.6) is 0 Å². The number of hydrogen-bond acceptors (Lipinski definition) is 4. The predicted molar refractivity (Wildman–Crippen MR) is 69.3 cm³/mol. The van der Waals surface area contributed by atoms with Gasteiger partial charge in [0.2, 0.25) is 0 Å². The first-order valence-electron chi connectivity index (χ1n) is 6.46. The molecule has 18 heavy (non-hydrogen) atoms. The zero-order valence-corrected chi connectivity index (χ0v) is 10.5. The van der Waals surface area contributed by atoms with Crippen LogP contribution in [0.4, 0.5) is 5.82 Å². The smallest absolute Gasteiger partial charge is 0.133 e. The molecule has 2 aromatic heterocycles. The van der Waals surface area contributed by atoms with E-state index in [1.165, 1.54) is 17.7 Å². The summed E-state index contributed by atoms with van der Waals surface area (Å²) in [5.41, 5.74) is 3.58. The van der Waals surface area contributed by atoms with Crippen molar-refractivity contribution in [2.45, 2.75) is 39.2 Å². The molecule has 5 heteroatoms. The van der Waals surface area contributed by atoms with E-state index >= 15 is 0 Å². The first kappa shape index (κ1) is 11.2. The van der Waals surface area contributed by atoms with Crippen LogP contribution in [0.25, 0.3) is 0 Å². The summed E-state index contributed by atoms with van der Waals surface area (Å²) >= 11 is 0. The van der Waals surface area contributed by atoms with E-state index < -0.39 is 0 Å². The average Bonchev–Trinajstić information content (AvgIpc) is 3.05. The Morgan fingerprint density at radius 2 is 2.22 bits per heavy atom. The molecule has 0 aliphatic heterocycles. The van der Waals surface area contributed by atoms with E-state index in [2.05, 4.69) is 32.2 Å². The second kappa shape index (κ2) is 4.76. The number of aromatic nitrogens is 4. The van der Waals surface area contributed by atoms with Crippen LogP contribution in [-0.2, 0) is 25.8 Å². The minimum absolute atomic E-state index is 0.733. The molecule has 0 spiro atoms. The van der Waals surface area contributed by atoms with Crippen LogP contribution >= 0.6 is 0 Å². The van der Waals surface area contributed by atoms with Crippen molar-refractivity contribution in [2.24, 2.45) is 0 Å². The third-order valence-electron chi connectivity index (χ3n) is 3.34. The number of imidazole rings is 1. The van der Waals surface area contributed by atoms with Gasteiger partial charge in [0.05, 0.1) is 18.4 Å². The zero-order chi connectivity index (χ0) is 12.4. The lowest BCUT2D eigenvalue weighted by molar-refractivity contribution is 0.899. The van der Waals surface area contributed by atoms with E-state index in [4.69, 9.17) is 0 Å². The number of hydrogen-bond donors (Lipinski definition) is 2. The number of fused-ring (bicyclic) bond motifs is 1. The van der Waals surface area contributed by atoms with Crippen LogP contribution in [0.3, 0.4) is 0 Å². The molecule has 2 aromatic rings. The Morgan fingerprint density at radius 3 is 3.06 bits per heavy atom. The Bertz CT molecular complexity index is 546. The van der Waals surface area contributed by atoms with Crippen LogP contribution in [-0.4, -0.2) is 19.9 Å². The Hall–Kier alpha value is -1.91. The highest BCUT2D eigenvalue weighted by molar-refractivity contribution is 5.48. The summed E-state index contributed by atoms with van der Waals surface area (Å²) < 4.78 is 0. The highest BCUT2D eigenvalue weighted by Crippen LogP contribution is 2.25. The Labute approximate surface area is 106 Å². The third kappa shape index (κ3) is 2.08. The van der Waals surface area contributed by atoms with E-state index in [9.17, 15) is 0 Å². The van der Waals surface area contributed by atoms with Crippen LogP contribution in [0.15, 0.2) is 12.5 Å². The van der Waals surface area contributed by atoms with Crippen molar-refractivity contribution in [3.8, 4) is 0 Å². The fourth-order valence-electron chi connectivity index (χ4n) is 2.37. The molecule has 1 aliphatic rings. The average molecular weight is 243 g/mol. The number of aromatic amines is 1. The maximum atomic E-state index is 4.34. The van der Waals surface area contributed by atoms with Gasteiger partial charge in [-0.05, 0) is 19.3 Å². The van der Waals surface area contributed by atoms with Crippen LogP contribution in [0, 0.1) is 0 Å². The van der Waals surface area contributed by atoms with Crippen molar-refractivity contribution < 1.29 is 0 Å². The molecule has 94 valence electrons. The first-order valence-corrected chi connectivity index (χ1v) is 6.46. The molecule has 0 aromatic carbocycles. The molecular weight excluding hydrogens is 226 g/mol. The van der Waals surface area contributed by atoms with Gasteiger partial charge in [-0.15, -0.1) is 0 Å². The first-order chi connectivity index (χ1) is 8.86. The maximum absolute atomic E-state index is 4.34. The topological polar surface area (TPSA) is 66.5 Å². The SMILES string of the molecule is CCc1ncc(CNc2ncnc3c2CCC3)[nH]1. The van der Waals surface area contributed by atoms with Crippen molar-refractivity contribution >= 4 is 5.82 Å². The van der Waals surface area contributed by atoms with Crippen molar-refractivity contribution in [2.75, 3.05) is 5.32 Å². The van der Waals surface area contributed by atoms with E-state index in [0.717, 1.165) is 43.1 Å². The third-order valence-corrected chi connectivity index (χ3v) is 3.34. The minimum Gasteiger partial charge on any atom is -0.364 e. The van der Waals surface area contributed by atoms with Crippen molar-refractivity contribution in [3.63, 3.8) is 0 Å². The van der Waals surface area contributed by atoms with Crippen LogP contribution in [0.2, 0.25) is 0 Å². The van der Waals surface area contributed by atoms with Crippen molar-refractivity contribution in [1.29, 1.82) is 0 Å². The van der Waals surface area contributed by atoms with Crippen molar-refractivity contribution in [1.82, 2.24) is 19.9 Å². The van der Waals surface area contributed by atoms with Crippen LogP contribution in [0.1, 0.15) is 36.1 Å². The molecule has 0 radical (unpaired) electrons. The molecule has 0 atom stereocenters. The summed E-state index contributed by atoms with van der Waals surface area (Å²) in [6, 6.07) is 0. The molecule has 0 saturated heterocycles. The van der Waals surface area contributed by atoms with Gasteiger partial charge in [0.25, 0.3) is 0 Å². The lowest BCUT2D eigenvalue weighted by Crippen LogP contribution is -2.05. The van der Waals surface area contributed by atoms with Crippen molar-refractivity contribution in [3.05, 3.63) is 35.3 Å². The number of anilines is 1. The highest BCUT2D eigenvalue weighted by atomic mass is 15.0. The quantitative estimate of drug-likeness (QED) is 0.860. The van der Waals surface area contributed by atoms with Gasteiger partial charge in [-0.25, -0.2) is 15.0 Å². The number of nitrogens with zero attached hydrogens (tertiary/aromatic N) is 3. The van der Waals surface area contributed by atoms with E-state index in [1.807, 2.05) is 6.20 Å². The largest absolute Gasteiger partial charge is 0.364 e. The summed E-state index contributed by atoms with van der Waals surface area (Å²) in [4.78, 5) is 16.2. The van der Waals surface area contributed by atoms with Gasteiger partial charge in [0.15, 0.2) is 0 Å². The number of nitrogens with one attached hydrogen (secondary N) is 2. The number of aryl methyl sites for hydroxylation is 2. The van der Waals surface area contributed by atoms with Gasteiger partial charge in [-0.2, -0.15) is 0 Å². The summed E-state index contributed by atoms with van der Waals surface area (Å²) in [5.74, 6) is 2.00. The predicted octanol–water partition coefficient (Wildman–Crippen LogP) is 1.86. The van der Waals surface area contributed by atoms with Gasteiger partial charge in [-0.1, -0.05) is 6.92 Å². The molecule has 2 heterocycles. The fraction of sp³-hybridized carbons (Fsp3) is 0.462. The maximum Gasteiger partial charge on any atom is 0.133 e. The minimum atomic E-state index is 0.733. The molecule has 2 N–H and O–H groups in total. The summed E-state index contributed by atoms with van der Waals surface area (Å²) in [7, 11) is 0. The lowest BCUT2D eigenvalue weighted by Gasteiger charge is -2.08. The molecule has 0 bridgehead atoms. The Kier molecular flexibility index (Phi) is 2.96. The summed E-state index contributed by atoms with van der Waals surface area (Å²) in [6.07, 6.45) is 7.82. The lowest BCUT2D eigenvalue weighted by atomic mass is 10.2. The molecule has 0 saturated carbocycles. The second-order valence-electron chi connectivity index (χ2n) is 4.56. The molecule has 3 rings (SSSR count). The Balaban J connectivity index is 1.72. The van der Waals surface area contributed by atoms with Gasteiger partial charge in [0.1, 0.15) is 18.0 Å². The monoisotopic (exact) mass is 243 g/mol. The number of rotatable bonds is 4. The number of H-pyrrole nitrogens is 1. The molecule has 0 unspecified atom stereocenters. The summed E-state index contributed by atoms with van der Waals surface area (Å²) in [5, 5.41) is 3.38. The van der Waals surface area contributed by atoms with Crippen LogP contribution < -0.4 is 5.32 Å². The van der Waals surface area contributed by atoms with Gasteiger partial charge >= 0.3 is 0 Å². The summed E-state index contributed by atoms with van der Waals surface area (Å²) in [6.45, 7) is 2.82. The standard InChI is InChI=1S/C13H17N5/c1-2-12-14-6-9(18-12)7-15-13-10-4-3-5-11(10)16-8-17-13/h6,8H,2-5,7H2,1H3,(H,14,18)(H,15,16,17). The van der Waals surface area contributed by atoms with E-state index in [1.54, 1.807) is 6.33 Å². The Morgan fingerprint density at radius 1 is 1.28 bits per heavy atom. The molecule has 1 aliphatic carbocycles. The molecule has 0 amide bonds. The molecule has 0 fully saturated rings. The molecular formula is C13H17N5. The fourth-order valence-corrected chi connectivity index (χ4v) is 2.37. The van der Waals surface area contributed by atoms with Gasteiger partial charge < -0.3 is 10.3 Å².